The second kappa shape index (κ2) is 5.90. The molecule has 0 bridgehead atoms. The zero-order chi connectivity index (χ0) is 14.8. The lowest BCUT2D eigenvalue weighted by Gasteiger charge is -2.49. The maximum Gasteiger partial charge on any atom is 0.236 e. The van der Waals surface area contributed by atoms with E-state index in [-0.39, 0.29) is 17.9 Å². The Balaban J connectivity index is 2.41. The Hall–Kier alpha value is -1.10. The fourth-order valence-corrected chi connectivity index (χ4v) is 2.35. The highest BCUT2D eigenvalue weighted by Crippen LogP contribution is 2.32. The molecule has 1 aliphatic heterocycles. The minimum absolute atomic E-state index is 0.111. The number of carbonyl (C=O) groups excluding carboxylic acids is 2. The summed E-state index contributed by atoms with van der Waals surface area (Å²) >= 11 is 0. The fourth-order valence-electron chi connectivity index (χ4n) is 2.35. The predicted octanol–water partition coefficient (Wildman–Crippen LogP) is 0.733. The van der Waals surface area contributed by atoms with Gasteiger partial charge in [0.05, 0.1) is 11.5 Å². The molecule has 0 aromatic rings. The average molecular weight is 269 g/mol. The predicted molar refractivity (Wildman–Crippen MR) is 75.4 cm³/mol. The summed E-state index contributed by atoms with van der Waals surface area (Å²) in [5, 5.41) is 2.81. The van der Waals surface area contributed by atoms with Crippen molar-refractivity contribution in [3.8, 4) is 0 Å². The van der Waals surface area contributed by atoms with Crippen LogP contribution in [-0.2, 0) is 9.59 Å². The van der Waals surface area contributed by atoms with E-state index in [1.54, 1.807) is 0 Å². The van der Waals surface area contributed by atoms with Crippen molar-refractivity contribution in [2.45, 2.75) is 53.1 Å². The highest BCUT2D eigenvalue weighted by atomic mass is 16.2. The summed E-state index contributed by atoms with van der Waals surface area (Å²) in [6, 6.07) is -0.264. The van der Waals surface area contributed by atoms with Crippen LogP contribution in [0.1, 0.15) is 41.0 Å². The van der Waals surface area contributed by atoms with Gasteiger partial charge in [-0.1, -0.05) is 13.8 Å². The Morgan fingerprint density at radius 2 is 2.00 bits per heavy atom. The third kappa shape index (κ3) is 3.69. The summed E-state index contributed by atoms with van der Waals surface area (Å²) in [4.78, 5) is 25.7. The van der Waals surface area contributed by atoms with Gasteiger partial charge in [0, 0.05) is 19.1 Å². The van der Waals surface area contributed by atoms with E-state index >= 15 is 0 Å². The molecule has 0 spiro atoms. The van der Waals surface area contributed by atoms with Gasteiger partial charge in [-0.05, 0) is 33.1 Å². The standard InChI is InChI=1S/C14H27N3O2/c1-9(2)6-11(15)12(18)16-7-14(5)8-17(10(3)4)13(14)19/h9-11H,6-8,15H2,1-5H3,(H,16,18)/t11-,14?/m0/s1. The number of carbonyl (C=O) groups is 2. The molecule has 0 saturated carbocycles. The smallest absolute Gasteiger partial charge is 0.236 e. The summed E-state index contributed by atoms with van der Waals surface area (Å²) in [6.07, 6.45) is 0.661. The van der Waals surface area contributed by atoms with Gasteiger partial charge in [0.2, 0.25) is 11.8 Å². The molecule has 0 aromatic heterocycles. The zero-order valence-corrected chi connectivity index (χ0v) is 12.7. The van der Waals surface area contributed by atoms with E-state index in [0.29, 0.717) is 25.4 Å². The molecule has 3 N–H and O–H groups in total. The first-order valence-corrected chi connectivity index (χ1v) is 7.01. The first-order chi connectivity index (χ1) is 8.67. The third-order valence-electron chi connectivity index (χ3n) is 3.63. The topological polar surface area (TPSA) is 75.4 Å². The zero-order valence-electron chi connectivity index (χ0n) is 12.7. The van der Waals surface area contributed by atoms with Crippen molar-refractivity contribution >= 4 is 11.8 Å². The van der Waals surface area contributed by atoms with Gasteiger partial charge in [0.25, 0.3) is 0 Å². The molecular formula is C14H27N3O2. The number of likely N-dealkylation sites (tertiary alicyclic amines) is 1. The summed E-state index contributed by atoms with van der Waals surface area (Å²) in [7, 11) is 0. The SMILES string of the molecule is CC(C)C[C@H](N)C(=O)NCC1(C)CN(C(C)C)C1=O. The Bertz CT molecular complexity index is 355. The van der Waals surface area contributed by atoms with E-state index in [2.05, 4.69) is 5.32 Å². The molecule has 0 aromatic carbocycles. The van der Waals surface area contributed by atoms with Gasteiger partial charge in [0.15, 0.2) is 0 Å². The van der Waals surface area contributed by atoms with Crippen LogP contribution in [0.2, 0.25) is 0 Å². The molecule has 5 nitrogen and oxygen atoms in total. The summed E-state index contributed by atoms with van der Waals surface area (Å²) in [5.41, 5.74) is 5.35. The first kappa shape index (κ1) is 16.0. The fraction of sp³-hybridized carbons (Fsp3) is 0.857. The van der Waals surface area contributed by atoms with Gasteiger partial charge >= 0.3 is 0 Å². The summed E-state index contributed by atoms with van der Waals surface area (Å²) < 4.78 is 0. The van der Waals surface area contributed by atoms with Crippen molar-refractivity contribution in [2.75, 3.05) is 13.1 Å². The molecule has 1 rings (SSSR count). The van der Waals surface area contributed by atoms with Crippen LogP contribution in [0.5, 0.6) is 0 Å². The van der Waals surface area contributed by atoms with Crippen molar-refractivity contribution in [1.82, 2.24) is 10.2 Å². The van der Waals surface area contributed by atoms with E-state index in [0.717, 1.165) is 0 Å². The quantitative estimate of drug-likeness (QED) is 0.698. The minimum atomic E-state index is -0.486. The largest absolute Gasteiger partial charge is 0.354 e. The van der Waals surface area contributed by atoms with Crippen molar-refractivity contribution in [3.63, 3.8) is 0 Å². The number of β-lactam (4-membered cyclic amide) rings is 1. The maximum atomic E-state index is 12.0. The molecule has 1 aliphatic rings. The molecular weight excluding hydrogens is 242 g/mol. The highest BCUT2D eigenvalue weighted by molar-refractivity contribution is 5.90. The lowest BCUT2D eigenvalue weighted by molar-refractivity contribution is -0.161. The number of amides is 2. The second-order valence-corrected chi connectivity index (χ2v) is 6.54. The number of hydrogen-bond donors (Lipinski definition) is 2. The molecule has 1 fully saturated rings. The van der Waals surface area contributed by atoms with E-state index in [1.807, 2.05) is 39.5 Å². The first-order valence-electron chi connectivity index (χ1n) is 7.01. The molecule has 2 atom stereocenters. The van der Waals surface area contributed by atoms with Gasteiger partial charge < -0.3 is 16.0 Å². The lowest BCUT2D eigenvalue weighted by Crippen LogP contribution is -2.66. The van der Waals surface area contributed by atoms with E-state index in [9.17, 15) is 9.59 Å². The van der Waals surface area contributed by atoms with Crippen LogP contribution < -0.4 is 11.1 Å². The van der Waals surface area contributed by atoms with Crippen molar-refractivity contribution in [1.29, 1.82) is 0 Å². The van der Waals surface area contributed by atoms with Crippen LogP contribution in [0.4, 0.5) is 0 Å². The van der Waals surface area contributed by atoms with Crippen LogP contribution in [0.15, 0.2) is 0 Å². The normalized spacial score (nSPS) is 24.6. The average Bonchev–Trinajstić information content (AvgIpc) is 2.31. The molecule has 1 heterocycles. The second-order valence-electron chi connectivity index (χ2n) is 6.54. The summed E-state index contributed by atoms with van der Waals surface area (Å²) in [6.45, 7) is 11.0. The van der Waals surface area contributed by atoms with Crippen LogP contribution >= 0.6 is 0 Å². The third-order valence-corrected chi connectivity index (χ3v) is 3.63. The molecule has 0 aliphatic carbocycles. The van der Waals surface area contributed by atoms with Gasteiger partial charge in [0.1, 0.15) is 0 Å². The Kier molecular flexibility index (Phi) is 4.96. The number of hydrogen-bond acceptors (Lipinski definition) is 3. The van der Waals surface area contributed by atoms with Crippen LogP contribution in [0, 0.1) is 11.3 Å². The van der Waals surface area contributed by atoms with E-state index in [1.165, 1.54) is 0 Å². The van der Waals surface area contributed by atoms with Gasteiger partial charge in [-0.3, -0.25) is 9.59 Å². The summed E-state index contributed by atoms with van der Waals surface area (Å²) in [5.74, 6) is 0.337. The number of rotatable bonds is 6. The molecule has 1 saturated heterocycles. The van der Waals surface area contributed by atoms with Gasteiger partial charge in [-0.25, -0.2) is 0 Å². The van der Waals surface area contributed by atoms with Crippen LogP contribution in [0.25, 0.3) is 0 Å². The van der Waals surface area contributed by atoms with Gasteiger partial charge in [-0.2, -0.15) is 0 Å². The molecule has 0 radical (unpaired) electrons. The van der Waals surface area contributed by atoms with Crippen LogP contribution in [0.3, 0.4) is 0 Å². The maximum absolute atomic E-state index is 12.0. The highest BCUT2D eigenvalue weighted by Gasteiger charge is 2.49. The number of nitrogens with two attached hydrogens (primary N) is 1. The molecule has 110 valence electrons. The van der Waals surface area contributed by atoms with Crippen molar-refractivity contribution in [3.05, 3.63) is 0 Å². The Morgan fingerprint density at radius 1 is 1.42 bits per heavy atom. The van der Waals surface area contributed by atoms with Crippen LogP contribution in [-0.4, -0.2) is 41.9 Å². The molecule has 5 heteroatoms. The number of nitrogens with zero attached hydrogens (tertiary/aromatic N) is 1. The molecule has 1 unspecified atom stereocenters. The van der Waals surface area contributed by atoms with E-state index < -0.39 is 11.5 Å². The van der Waals surface area contributed by atoms with Crippen molar-refractivity contribution < 1.29 is 9.59 Å². The lowest BCUT2D eigenvalue weighted by atomic mass is 9.79. The number of nitrogens with one attached hydrogen (secondary N) is 1. The monoisotopic (exact) mass is 269 g/mol. The molecule has 19 heavy (non-hydrogen) atoms. The van der Waals surface area contributed by atoms with Gasteiger partial charge in [-0.15, -0.1) is 0 Å². The Morgan fingerprint density at radius 3 is 2.42 bits per heavy atom. The Labute approximate surface area is 115 Å². The minimum Gasteiger partial charge on any atom is -0.354 e. The van der Waals surface area contributed by atoms with E-state index in [4.69, 9.17) is 5.73 Å². The molecule has 2 amide bonds. The van der Waals surface area contributed by atoms with Crippen molar-refractivity contribution in [2.24, 2.45) is 17.1 Å².